The molecule has 0 aromatic carbocycles. The van der Waals surface area contributed by atoms with Gasteiger partial charge in [0.15, 0.2) is 0 Å². The fraction of sp³-hybridized carbons (Fsp3) is 1.00. The van der Waals surface area contributed by atoms with Crippen molar-refractivity contribution in [1.29, 1.82) is 0 Å². The van der Waals surface area contributed by atoms with Gasteiger partial charge in [0.2, 0.25) is 6.04 Å². The average Bonchev–Trinajstić information content (AvgIpc) is 1.94. The lowest BCUT2D eigenvalue weighted by atomic mass is 9.91. The van der Waals surface area contributed by atoms with E-state index in [-0.39, 0.29) is 15.8 Å². The maximum atomic E-state index is 10.4. The van der Waals surface area contributed by atoms with E-state index >= 15 is 0 Å². The Labute approximate surface area is 73.4 Å². The lowest BCUT2D eigenvalue weighted by molar-refractivity contribution is -0.528. The molecular formula is C6H11BrN2O2. The minimum atomic E-state index is -0.548. The van der Waals surface area contributed by atoms with Gasteiger partial charge < -0.3 is 5.73 Å². The molecule has 3 unspecified atom stereocenters. The molecule has 64 valence electrons. The summed E-state index contributed by atoms with van der Waals surface area (Å²) in [5.74, 6) is 0. The first-order valence-electron chi connectivity index (χ1n) is 3.64. The van der Waals surface area contributed by atoms with Crippen LogP contribution in [0.25, 0.3) is 0 Å². The first-order chi connectivity index (χ1) is 5.11. The van der Waals surface area contributed by atoms with E-state index in [9.17, 15) is 10.1 Å². The Morgan fingerprint density at radius 3 is 2.64 bits per heavy atom. The van der Waals surface area contributed by atoms with Gasteiger partial charge in [-0.2, -0.15) is 0 Å². The van der Waals surface area contributed by atoms with Crippen molar-refractivity contribution in [3.05, 3.63) is 10.1 Å². The van der Waals surface area contributed by atoms with E-state index in [0.717, 1.165) is 12.8 Å². The number of hydrogen-bond acceptors (Lipinski definition) is 3. The minimum Gasteiger partial charge on any atom is -0.322 e. The summed E-state index contributed by atoms with van der Waals surface area (Å²) in [5, 5.41) is 10.4. The molecule has 0 aromatic heterocycles. The van der Waals surface area contributed by atoms with Gasteiger partial charge in [-0.3, -0.25) is 10.1 Å². The number of hydrogen-bond donors (Lipinski definition) is 1. The number of nitro groups is 1. The van der Waals surface area contributed by atoms with Crippen LogP contribution in [0.3, 0.4) is 0 Å². The SMILES string of the molecule is NC1CCC(Br)CC1[N+](=O)[O-]. The lowest BCUT2D eigenvalue weighted by Gasteiger charge is -2.25. The van der Waals surface area contributed by atoms with E-state index in [4.69, 9.17) is 5.73 Å². The predicted octanol–water partition coefficient (Wildman–Crippen LogP) is 0.906. The molecule has 0 aliphatic heterocycles. The largest absolute Gasteiger partial charge is 0.322 e. The molecule has 1 saturated carbocycles. The zero-order valence-electron chi connectivity index (χ0n) is 6.07. The third kappa shape index (κ3) is 2.13. The fourth-order valence-corrected chi connectivity index (χ4v) is 2.01. The highest BCUT2D eigenvalue weighted by Gasteiger charge is 2.34. The summed E-state index contributed by atoms with van der Waals surface area (Å²) in [6.45, 7) is 0. The molecule has 0 amide bonds. The highest BCUT2D eigenvalue weighted by Crippen LogP contribution is 2.25. The molecule has 0 heterocycles. The van der Waals surface area contributed by atoms with Crippen LogP contribution < -0.4 is 5.73 Å². The number of nitrogens with two attached hydrogens (primary N) is 1. The summed E-state index contributed by atoms with van der Waals surface area (Å²) in [4.78, 5) is 10.4. The molecule has 0 aromatic rings. The number of rotatable bonds is 1. The van der Waals surface area contributed by atoms with Crippen molar-refractivity contribution in [3.8, 4) is 0 Å². The molecule has 0 bridgehead atoms. The molecule has 0 spiro atoms. The Balaban J connectivity index is 2.54. The minimum absolute atomic E-state index is 0.251. The highest BCUT2D eigenvalue weighted by atomic mass is 79.9. The van der Waals surface area contributed by atoms with Crippen molar-refractivity contribution in [2.75, 3.05) is 0 Å². The molecule has 0 saturated heterocycles. The second-order valence-electron chi connectivity index (χ2n) is 2.93. The quantitative estimate of drug-likeness (QED) is 0.408. The Hall–Kier alpha value is -0.160. The van der Waals surface area contributed by atoms with Crippen molar-refractivity contribution in [1.82, 2.24) is 0 Å². The molecule has 1 aliphatic carbocycles. The molecule has 5 heteroatoms. The molecule has 1 aliphatic rings. The molecule has 11 heavy (non-hydrogen) atoms. The normalized spacial score (nSPS) is 38.5. The summed E-state index contributed by atoms with van der Waals surface area (Å²) in [6, 6.07) is -0.799. The van der Waals surface area contributed by atoms with E-state index in [2.05, 4.69) is 15.9 Å². The van der Waals surface area contributed by atoms with E-state index in [0.29, 0.717) is 6.42 Å². The van der Waals surface area contributed by atoms with Crippen molar-refractivity contribution in [3.63, 3.8) is 0 Å². The first-order valence-corrected chi connectivity index (χ1v) is 4.56. The number of nitrogens with zero attached hydrogens (tertiary/aromatic N) is 1. The van der Waals surface area contributed by atoms with Crippen LogP contribution >= 0.6 is 15.9 Å². The van der Waals surface area contributed by atoms with Crippen LogP contribution in [0.15, 0.2) is 0 Å². The third-order valence-corrected chi connectivity index (χ3v) is 2.91. The van der Waals surface area contributed by atoms with Gasteiger partial charge in [-0.05, 0) is 12.8 Å². The Morgan fingerprint density at radius 1 is 1.55 bits per heavy atom. The van der Waals surface area contributed by atoms with Crippen molar-refractivity contribution in [2.24, 2.45) is 5.73 Å². The second-order valence-corrected chi connectivity index (χ2v) is 4.22. The first kappa shape index (κ1) is 8.93. The van der Waals surface area contributed by atoms with E-state index in [1.165, 1.54) is 0 Å². The van der Waals surface area contributed by atoms with Crippen LogP contribution in [0.5, 0.6) is 0 Å². The van der Waals surface area contributed by atoms with Crippen LogP contribution in [0.4, 0.5) is 0 Å². The van der Waals surface area contributed by atoms with E-state index in [1.807, 2.05) is 0 Å². The van der Waals surface area contributed by atoms with Crippen molar-refractivity contribution in [2.45, 2.75) is 36.2 Å². The van der Waals surface area contributed by atoms with E-state index < -0.39 is 6.04 Å². The van der Waals surface area contributed by atoms with Gasteiger partial charge in [0.05, 0.1) is 6.04 Å². The average molecular weight is 223 g/mol. The van der Waals surface area contributed by atoms with Crippen LogP contribution in [0, 0.1) is 10.1 Å². The molecular weight excluding hydrogens is 212 g/mol. The van der Waals surface area contributed by atoms with Crippen LogP contribution in [0.2, 0.25) is 0 Å². The number of alkyl halides is 1. The molecule has 4 nitrogen and oxygen atoms in total. The monoisotopic (exact) mass is 222 g/mol. The zero-order valence-corrected chi connectivity index (χ0v) is 7.66. The molecule has 3 atom stereocenters. The summed E-state index contributed by atoms with van der Waals surface area (Å²) < 4.78 is 0. The standard InChI is InChI=1S/C6H11BrN2O2/c7-4-1-2-5(8)6(3-4)9(10)11/h4-6H,1-3,8H2. The number of halogens is 1. The predicted molar refractivity (Wildman–Crippen MR) is 45.3 cm³/mol. The van der Waals surface area contributed by atoms with Gasteiger partial charge >= 0.3 is 0 Å². The topological polar surface area (TPSA) is 69.2 Å². The van der Waals surface area contributed by atoms with Gasteiger partial charge in [0, 0.05) is 16.2 Å². The Kier molecular flexibility index (Phi) is 2.84. The summed E-state index contributed by atoms with van der Waals surface area (Å²) >= 11 is 3.36. The van der Waals surface area contributed by atoms with Gasteiger partial charge in [-0.1, -0.05) is 15.9 Å². The molecule has 1 rings (SSSR count). The summed E-state index contributed by atoms with van der Waals surface area (Å²) in [7, 11) is 0. The van der Waals surface area contributed by atoms with Crippen LogP contribution in [-0.4, -0.2) is 21.8 Å². The highest BCUT2D eigenvalue weighted by molar-refractivity contribution is 9.09. The lowest BCUT2D eigenvalue weighted by Crippen LogP contribution is -2.45. The molecule has 2 N–H and O–H groups in total. The van der Waals surface area contributed by atoms with Gasteiger partial charge in [-0.25, -0.2) is 0 Å². The molecule has 0 radical (unpaired) electrons. The smallest absolute Gasteiger partial charge is 0.229 e. The fourth-order valence-electron chi connectivity index (χ4n) is 1.36. The third-order valence-electron chi connectivity index (χ3n) is 2.08. The maximum Gasteiger partial charge on any atom is 0.229 e. The summed E-state index contributed by atoms with van der Waals surface area (Å²) in [6.07, 6.45) is 2.27. The van der Waals surface area contributed by atoms with Gasteiger partial charge in [-0.15, -0.1) is 0 Å². The molecule has 1 fully saturated rings. The van der Waals surface area contributed by atoms with Crippen molar-refractivity contribution >= 4 is 15.9 Å². The summed E-state index contributed by atoms with van der Waals surface area (Å²) in [5.41, 5.74) is 5.58. The second kappa shape index (κ2) is 3.49. The Morgan fingerprint density at radius 2 is 2.18 bits per heavy atom. The maximum absolute atomic E-state index is 10.4. The van der Waals surface area contributed by atoms with Crippen LogP contribution in [0.1, 0.15) is 19.3 Å². The Bertz CT molecular complexity index is 165. The van der Waals surface area contributed by atoms with Crippen LogP contribution in [-0.2, 0) is 0 Å². The zero-order chi connectivity index (χ0) is 8.43. The van der Waals surface area contributed by atoms with Gasteiger partial charge in [0.25, 0.3) is 0 Å². The van der Waals surface area contributed by atoms with Crippen molar-refractivity contribution < 1.29 is 4.92 Å². The van der Waals surface area contributed by atoms with E-state index in [1.54, 1.807) is 0 Å². The van der Waals surface area contributed by atoms with Gasteiger partial charge in [0.1, 0.15) is 0 Å².